The van der Waals surface area contributed by atoms with Gasteiger partial charge in [0.2, 0.25) is 0 Å². The number of carbonyl (C=O) groups excluding carboxylic acids is 1. The fourth-order valence-electron chi connectivity index (χ4n) is 2.15. The number of thioether (sulfide) groups is 1. The molecule has 0 aromatic heterocycles. The standard InChI is InChI=1S/C18H21NOS/c1-12(2)21-17-8-6-5-7-15(17)18(20)19-16-10-9-13(3)11-14(16)4/h5-12H,1-4H3,(H,19,20). The first-order valence-corrected chi connectivity index (χ1v) is 7.99. The van der Waals surface area contributed by atoms with Crippen LogP contribution >= 0.6 is 11.8 Å². The van der Waals surface area contributed by atoms with E-state index in [1.165, 1.54) is 5.56 Å². The second-order valence-electron chi connectivity index (χ2n) is 5.44. The molecule has 0 unspecified atom stereocenters. The second-order valence-corrected chi connectivity index (χ2v) is 7.05. The lowest BCUT2D eigenvalue weighted by atomic mass is 10.1. The van der Waals surface area contributed by atoms with Crippen LogP contribution < -0.4 is 5.32 Å². The van der Waals surface area contributed by atoms with Gasteiger partial charge in [-0.3, -0.25) is 4.79 Å². The van der Waals surface area contributed by atoms with E-state index in [1.54, 1.807) is 11.8 Å². The molecule has 0 saturated heterocycles. The van der Waals surface area contributed by atoms with Gasteiger partial charge in [0.15, 0.2) is 0 Å². The molecule has 0 atom stereocenters. The topological polar surface area (TPSA) is 29.1 Å². The maximum absolute atomic E-state index is 12.5. The zero-order valence-electron chi connectivity index (χ0n) is 12.9. The molecule has 0 aliphatic carbocycles. The number of anilines is 1. The predicted octanol–water partition coefficient (Wildman–Crippen LogP) is 5.06. The minimum atomic E-state index is -0.0503. The van der Waals surface area contributed by atoms with Gasteiger partial charge in [-0.2, -0.15) is 0 Å². The van der Waals surface area contributed by atoms with Crippen LogP contribution in [-0.2, 0) is 0 Å². The van der Waals surface area contributed by atoms with Gasteiger partial charge in [-0.25, -0.2) is 0 Å². The number of hydrogen-bond acceptors (Lipinski definition) is 2. The summed E-state index contributed by atoms with van der Waals surface area (Å²) in [6.45, 7) is 8.32. The molecule has 0 bridgehead atoms. The van der Waals surface area contributed by atoms with Gasteiger partial charge in [0.25, 0.3) is 5.91 Å². The van der Waals surface area contributed by atoms with E-state index in [9.17, 15) is 4.79 Å². The maximum Gasteiger partial charge on any atom is 0.256 e. The summed E-state index contributed by atoms with van der Waals surface area (Å²) >= 11 is 1.71. The third kappa shape index (κ3) is 4.11. The molecular weight excluding hydrogens is 278 g/mol. The zero-order chi connectivity index (χ0) is 15.4. The predicted molar refractivity (Wildman–Crippen MR) is 91.3 cm³/mol. The van der Waals surface area contributed by atoms with Gasteiger partial charge < -0.3 is 5.32 Å². The van der Waals surface area contributed by atoms with Crippen LogP contribution in [0.1, 0.15) is 35.3 Å². The normalized spacial score (nSPS) is 10.7. The van der Waals surface area contributed by atoms with E-state index in [2.05, 4.69) is 25.2 Å². The zero-order valence-corrected chi connectivity index (χ0v) is 13.8. The van der Waals surface area contributed by atoms with Crippen molar-refractivity contribution in [3.8, 4) is 0 Å². The summed E-state index contributed by atoms with van der Waals surface area (Å²) in [6.07, 6.45) is 0. The number of hydrogen-bond donors (Lipinski definition) is 1. The van der Waals surface area contributed by atoms with Crippen LogP contribution in [-0.4, -0.2) is 11.2 Å². The van der Waals surface area contributed by atoms with E-state index in [0.29, 0.717) is 5.25 Å². The second kappa shape index (κ2) is 6.81. The largest absolute Gasteiger partial charge is 0.322 e. The Morgan fingerprint density at radius 3 is 2.48 bits per heavy atom. The van der Waals surface area contributed by atoms with Crippen LogP contribution in [0.4, 0.5) is 5.69 Å². The molecule has 2 aromatic carbocycles. The van der Waals surface area contributed by atoms with Crippen molar-refractivity contribution in [3.05, 3.63) is 59.2 Å². The lowest BCUT2D eigenvalue weighted by Crippen LogP contribution is -2.14. The summed E-state index contributed by atoms with van der Waals surface area (Å²) in [6, 6.07) is 13.8. The fraction of sp³-hybridized carbons (Fsp3) is 0.278. The van der Waals surface area contributed by atoms with Gasteiger partial charge in [0.1, 0.15) is 0 Å². The first-order valence-electron chi connectivity index (χ1n) is 7.11. The molecule has 0 aliphatic heterocycles. The third-order valence-corrected chi connectivity index (χ3v) is 4.21. The number of rotatable bonds is 4. The van der Waals surface area contributed by atoms with Crippen molar-refractivity contribution in [1.29, 1.82) is 0 Å². The minimum absolute atomic E-state index is 0.0503. The van der Waals surface area contributed by atoms with Gasteiger partial charge in [-0.1, -0.05) is 43.7 Å². The molecule has 0 spiro atoms. The number of carbonyl (C=O) groups is 1. The smallest absolute Gasteiger partial charge is 0.256 e. The molecule has 2 nitrogen and oxygen atoms in total. The Bertz CT molecular complexity index is 649. The van der Waals surface area contributed by atoms with Crippen molar-refractivity contribution >= 4 is 23.4 Å². The Kier molecular flexibility index (Phi) is 5.07. The van der Waals surface area contributed by atoms with Gasteiger partial charge >= 0.3 is 0 Å². The summed E-state index contributed by atoms with van der Waals surface area (Å²) in [5, 5.41) is 3.46. The molecule has 1 N–H and O–H groups in total. The van der Waals surface area contributed by atoms with E-state index >= 15 is 0 Å². The van der Waals surface area contributed by atoms with Gasteiger partial charge in [-0.05, 0) is 37.6 Å². The van der Waals surface area contributed by atoms with Crippen molar-refractivity contribution in [1.82, 2.24) is 0 Å². The van der Waals surface area contributed by atoms with Crippen LogP contribution in [0.25, 0.3) is 0 Å². The molecule has 2 aromatic rings. The number of benzene rings is 2. The average Bonchev–Trinajstić information content (AvgIpc) is 2.42. The highest BCUT2D eigenvalue weighted by Gasteiger charge is 2.13. The minimum Gasteiger partial charge on any atom is -0.322 e. The molecule has 0 saturated carbocycles. The summed E-state index contributed by atoms with van der Waals surface area (Å²) in [4.78, 5) is 13.6. The van der Waals surface area contributed by atoms with Crippen LogP contribution in [0.15, 0.2) is 47.4 Å². The average molecular weight is 299 g/mol. The van der Waals surface area contributed by atoms with E-state index in [0.717, 1.165) is 21.7 Å². The van der Waals surface area contributed by atoms with Crippen LogP contribution in [0, 0.1) is 13.8 Å². The summed E-state index contributed by atoms with van der Waals surface area (Å²) in [7, 11) is 0. The van der Waals surface area contributed by atoms with E-state index in [4.69, 9.17) is 0 Å². The highest BCUT2D eigenvalue weighted by molar-refractivity contribution is 8.00. The van der Waals surface area contributed by atoms with E-state index < -0.39 is 0 Å². The summed E-state index contributed by atoms with van der Waals surface area (Å²) in [5.41, 5.74) is 3.88. The van der Waals surface area contributed by atoms with Crippen LogP contribution in [0.3, 0.4) is 0 Å². The Hall–Kier alpha value is -1.74. The molecule has 0 aliphatic rings. The molecule has 0 radical (unpaired) electrons. The molecule has 0 fully saturated rings. The lowest BCUT2D eigenvalue weighted by molar-refractivity contribution is 0.102. The lowest BCUT2D eigenvalue weighted by Gasteiger charge is -2.13. The van der Waals surface area contributed by atoms with Gasteiger partial charge in [0.05, 0.1) is 5.56 Å². The third-order valence-electron chi connectivity index (χ3n) is 3.12. The molecule has 1 amide bonds. The SMILES string of the molecule is Cc1ccc(NC(=O)c2ccccc2SC(C)C)c(C)c1. The molecule has 2 rings (SSSR count). The van der Waals surface area contributed by atoms with Crippen molar-refractivity contribution in [2.45, 2.75) is 37.8 Å². The van der Waals surface area contributed by atoms with E-state index in [1.807, 2.05) is 50.2 Å². The number of nitrogens with one attached hydrogen (secondary N) is 1. The van der Waals surface area contributed by atoms with Gasteiger partial charge in [0, 0.05) is 15.8 Å². The van der Waals surface area contributed by atoms with Crippen molar-refractivity contribution in [3.63, 3.8) is 0 Å². The Balaban J connectivity index is 2.24. The summed E-state index contributed by atoms with van der Waals surface area (Å²) < 4.78 is 0. The van der Waals surface area contributed by atoms with Crippen molar-refractivity contribution in [2.75, 3.05) is 5.32 Å². The summed E-state index contributed by atoms with van der Waals surface area (Å²) in [5.74, 6) is -0.0503. The first kappa shape index (κ1) is 15.6. The fourth-order valence-corrected chi connectivity index (χ4v) is 3.11. The van der Waals surface area contributed by atoms with Crippen LogP contribution in [0.5, 0.6) is 0 Å². The highest BCUT2D eigenvalue weighted by atomic mass is 32.2. The van der Waals surface area contributed by atoms with Crippen molar-refractivity contribution < 1.29 is 4.79 Å². The molecule has 3 heteroatoms. The monoisotopic (exact) mass is 299 g/mol. The van der Waals surface area contributed by atoms with Gasteiger partial charge in [-0.15, -0.1) is 11.8 Å². The van der Waals surface area contributed by atoms with E-state index in [-0.39, 0.29) is 5.91 Å². The highest BCUT2D eigenvalue weighted by Crippen LogP contribution is 2.27. The molecule has 110 valence electrons. The Labute approximate surface area is 131 Å². The quantitative estimate of drug-likeness (QED) is 0.800. The Morgan fingerprint density at radius 1 is 1.10 bits per heavy atom. The van der Waals surface area contributed by atoms with Crippen molar-refractivity contribution in [2.24, 2.45) is 0 Å². The molecule has 0 heterocycles. The maximum atomic E-state index is 12.5. The Morgan fingerprint density at radius 2 is 1.81 bits per heavy atom. The molecule has 21 heavy (non-hydrogen) atoms. The number of aryl methyl sites for hydroxylation is 2. The molecular formula is C18H21NOS. The number of amides is 1. The van der Waals surface area contributed by atoms with Crippen LogP contribution in [0.2, 0.25) is 0 Å². The first-order chi connectivity index (χ1) is 9.97.